The van der Waals surface area contributed by atoms with Gasteiger partial charge in [0.05, 0.1) is 18.7 Å². The highest BCUT2D eigenvalue weighted by Gasteiger charge is 2.16. The van der Waals surface area contributed by atoms with Gasteiger partial charge in [-0.2, -0.15) is 0 Å². The molecule has 0 spiro atoms. The van der Waals surface area contributed by atoms with E-state index in [2.05, 4.69) is 15.9 Å². The molecule has 1 unspecified atom stereocenters. The molecule has 0 aliphatic heterocycles. The number of methoxy groups -OCH3 is 1. The zero-order valence-electron chi connectivity index (χ0n) is 10.8. The molecule has 0 aliphatic rings. The van der Waals surface area contributed by atoms with Crippen molar-refractivity contribution in [3.05, 3.63) is 63.6 Å². The molecule has 2 aromatic rings. The van der Waals surface area contributed by atoms with Crippen molar-refractivity contribution in [2.45, 2.75) is 6.04 Å². The molecule has 0 bridgehead atoms. The standard InChI is InChI=1S/C15H14BrNO3/c1-20-13-6-5-11(16)8-12(13)14(17)9-3-2-4-10(7-9)15(18)19/h2-8,14H,17H2,1H3,(H,18,19). The summed E-state index contributed by atoms with van der Waals surface area (Å²) in [7, 11) is 1.58. The fourth-order valence-corrected chi connectivity index (χ4v) is 2.37. The zero-order chi connectivity index (χ0) is 14.7. The second-order valence-corrected chi connectivity index (χ2v) is 5.21. The van der Waals surface area contributed by atoms with Crippen molar-refractivity contribution in [1.82, 2.24) is 0 Å². The smallest absolute Gasteiger partial charge is 0.335 e. The summed E-state index contributed by atoms with van der Waals surface area (Å²) in [5.41, 5.74) is 7.97. The zero-order valence-corrected chi connectivity index (χ0v) is 12.4. The molecular formula is C15H14BrNO3. The first-order valence-electron chi connectivity index (χ1n) is 5.95. The summed E-state index contributed by atoms with van der Waals surface area (Å²) in [6, 6.07) is 11.7. The number of carboxylic acids is 1. The Balaban J connectivity index is 2.45. The summed E-state index contributed by atoms with van der Waals surface area (Å²) in [6.45, 7) is 0. The lowest BCUT2D eigenvalue weighted by Crippen LogP contribution is -2.14. The summed E-state index contributed by atoms with van der Waals surface area (Å²) >= 11 is 3.40. The van der Waals surface area contributed by atoms with Crippen molar-refractivity contribution in [2.75, 3.05) is 7.11 Å². The van der Waals surface area contributed by atoms with Gasteiger partial charge in [0.25, 0.3) is 0 Å². The topological polar surface area (TPSA) is 72.5 Å². The molecule has 5 heteroatoms. The van der Waals surface area contributed by atoms with E-state index in [4.69, 9.17) is 15.6 Å². The molecule has 20 heavy (non-hydrogen) atoms. The number of hydrogen-bond acceptors (Lipinski definition) is 3. The SMILES string of the molecule is COc1ccc(Br)cc1C(N)c1cccc(C(=O)O)c1. The Hall–Kier alpha value is -1.85. The van der Waals surface area contributed by atoms with Gasteiger partial charge in [0.2, 0.25) is 0 Å². The number of hydrogen-bond donors (Lipinski definition) is 2. The molecule has 0 amide bonds. The van der Waals surface area contributed by atoms with Gasteiger partial charge in [0, 0.05) is 10.0 Å². The van der Waals surface area contributed by atoms with Crippen molar-refractivity contribution in [1.29, 1.82) is 0 Å². The lowest BCUT2D eigenvalue weighted by Gasteiger charge is -2.17. The lowest BCUT2D eigenvalue weighted by molar-refractivity contribution is 0.0697. The van der Waals surface area contributed by atoms with Gasteiger partial charge >= 0.3 is 5.97 Å². The normalized spacial score (nSPS) is 11.9. The highest BCUT2D eigenvalue weighted by atomic mass is 79.9. The maximum atomic E-state index is 11.0. The Kier molecular flexibility index (Phi) is 4.42. The Bertz CT molecular complexity index is 643. The van der Waals surface area contributed by atoms with Gasteiger partial charge in [0.15, 0.2) is 0 Å². The quantitative estimate of drug-likeness (QED) is 0.899. The van der Waals surface area contributed by atoms with Gasteiger partial charge in [-0.3, -0.25) is 0 Å². The minimum atomic E-state index is -0.972. The minimum absolute atomic E-state index is 0.215. The largest absolute Gasteiger partial charge is 0.496 e. The van der Waals surface area contributed by atoms with Crippen molar-refractivity contribution >= 4 is 21.9 Å². The van der Waals surface area contributed by atoms with Crippen LogP contribution < -0.4 is 10.5 Å². The third-order valence-corrected chi connectivity index (χ3v) is 3.51. The number of benzene rings is 2. The average Bonchev–Trinajstić information content (AvgIpc) is 2.46. The first kappa shape index (κ1) is 14.6. The predicted octanol–water partition coefficient (Wildman–Crippen LogP) is 3.20. The average molecular weight is 336 g/mol. The molecule has 0 saturated heterocycles. The number of halogens is 1. The number of nitrogens with two attached hydrogens (primary N) is 1. The van der Waals surface area contributed by atoms with Crippen LogP contribution in [0.15, 0.2) is 46.9 Å². The van der Waals surface area contributed by atoms with Crippen LogP contribution in [-0.4, -0.2) is 18.2 Å². The van der Waals surface area contributed by atoms with Crippen molar-refractivity contribution in [2.24, 2.45) is 5.73 Å². The predicted molar refractivity (Wildman–Crippen MR) is 80.1 cm³/mol. The van der Waals surface area contributed by atoms with Crippen LogP contribution in [-0.2, 0) is 0 Å². The maximum Gasteiger partial charge on any atom is 0.335 e. The summed E-state index contributed by atoms with van der Waals surface area (Å²) in [5, 5.41) is 9.03. The monoisotopic (exact) mass is 335 g/mol. The van der Waals surface area contributed by atoms with E-state index in [1.54, 1.807) is 25.3 Å². The molecule has 2 aromatic carbocycles. The van der Waals surface area contributed by atoms with Crippen LogP contribution in [0.25, 0.3) is 0 Å². The molecule has 0 aliphatic carbocycles. The Labute approximate surface area is 125 Å². The first-order chi connectivity index (χ1) is 9.52. The Morgan fingerprint density at radius 2 is 2.05 bits per heavy atom. The summed E-state index contributed by atoms with van der Waals surface area (Å²) in [4.78, 5) is 11.0. The lowest BCUT2D eigenvalue weighted by atomic mass is 9.97. The van der Waals surface area contributed by atoms with Crippen molar-refractivity contribution in [3.63, 3.8) is 0 Å². The fraction of sp³-hybridized carbons (Fsp3) is 0.133. The van der Waals surface area contributed by atoms with E-state index >= 15 is 0 Å². The number of ether oxygens (including phenoxy) is 1. The summed E-state index contributed by atoms with van der Waals surface area (Å²) in [5.74, 6) is -0.304. The molecule has 1 atom stereocenters. The molecule has 4 nitrogen and oxygen atoms in total. The minimum Gasteiger partial charge on any atom is -0.496 e. The number of carboxylic acid groups (broad SMARTS) is 1. The third-order valence-electron chi connectivity index (χ3n) is 3.02. The van der Waals surface area contributed by atoms with E-state index in [0.717, 1.165) is 15.6 Å². The molecule has 0 heterocycles. The van der Waals surface area contributed by atoms with Gasteiger partial charge in [-0.1, -0.05) is 28.1 Å². The van der Waals surface area contributed by atoms with Crippen molar-refractivity contribution < 1.29 is 14.6 Å². The Morgan fingerprint density at radius 3 is 2.70 bits per heavy atom. The van der Waals surface area contributed by atoms with Gasteiger partial charge in [-0.15, -0.1) is 0 Å². The molecule has 0 radical (unpaired) electrons. The molecule has 3 N–H and O–H groups in total. The summed E-state index contributed by atoms with van der Waals surface area (Å²) in [6.07, 6.45) is 0. The molecule has 2 rings (SSSR count). The van der Waals surface area contributed by atoms with Gasteiger partial charge < -0.3 is 15.6 Å². The summed E-state index contributed by atoms with van der Waals surface area (Å²) < 4.78 is 6.19. The van der Waals surface area contributed by atoms with E-state index in [0.29, 0.717) is 5.75 Å². The Morgan fingerprint density at radius 1 is 1.30 bits per heavy atom. The molecule has 0 fully saturated rings. The molecule has 0 saturated carbocycles. The molecule has 104 valence electrons. The van der Waals surface area contributed by atoms with Crippen LogP contribution >= 0.6 is 15.9 Å². The maximum absolute atomic E-state index is 11.0. The second kappa shape index (κ2) is 6.07. The third kappa shape index (κ3) is 3.00. The van der Waals surface area contributed by atoms with Crippen LogP contribution in [0.1, 0.15) is 27.5 Å². The highest BCUT2D eigenvalue weighted by Crippen LogP contribution is 2.31. The number of rotatable bonds is 4. The van der Waals surface area contributed by atoms with Gasteiger partial charge in [0.1, 0.15) is 5.75 Å². The fourth-order valence-electron chi connectivity index (χ4n) is 1.99. The molecule has 0 aromatic heterocycles. The van der Waals surface area contributed by atoms with E-state index in [-0.39, 0.29) is 5.56 Å². The van der Waals surface area contributed by atoms with Crippen LogP contribution in [0.2, 0.25) is 0 Å². The van der Waals surface area contributed by atoms with Crippen molar-refractivity contribution in [3.8, 4) is 5.75 Å². The van der Waals surface area contributed by atoms with Crippen LogP contribution in [0.5, 0.6) is 5.75 Å². The number of carbonyl (C=O) groups is 1. The van der Waals surface area contributed by atoms with E-state index in [9.17, 15) is 4.79 Å². The van der Waals surface area contributed by atoms with E-state index < -0.39 is 12.0 Å². The second-order valence-electron chi connectivity index (χ2n) is 4.29. The van der Waals surface area contributed by atoms with Crippen LogP contribution in [0.4, 0.5) is 0 Å². The number of aromatic carboxylic acids is 1. The molecular weight excluding hydrogens is 322 g/mol. The highest BCUT2D eigenvalue weighted by molar-refractivity contribution is 9.10. The van der Waals surface area contributed by atoms with Gasteiger partial charge in [-0.25, -0.2) is 4.79 Å². The first-order valence-corrected chi connectivity index (χ1v) is 6.74. The van der Waals surface area contributed by atoms with E-state index in [1.165, 1.54) is 6.07 Å². The van der Waals surface area contributed by atoms with Gasteiger partial charge in [-0.05, 0) is 35.9 Å². The van der Waals surface area contributed by atoms with Crippen LogP contribution in [0, 0.1) is 0 Å². The van der Waals surface area contributed by atoms with Crippen LogP contribution in [0.3, 0.4) is 0 Å². The van der Waals surface area contributed by atoms with E-state index in [1.807, 2.05) is 18.2 Å².